The van der Waals surface area contributed by atoms with Gasteiger partial charge in [0.15, 0.2) is 0 Å². The van der Waals surface area contributed by atoms with Crippen molar-refractivity contribution in [2.45, 2.75) is 81.2 Å². The molecule has 1 heteroatoms. The molecule has 0 aromatic heterocycles. The van der Waals surface area contributed by atoms with Crippen LogP contribution < -0.4 is 0 Å². The molecule has 0 atom stereocenters. The second kappa shape index (κ2) is 19.2. The van der Waals surface area contributed by atoms with Crippen LogP contribution in [-0.2, 0) is 0 Å². The summed E-state index contributed by atoms with van der Waals surface area (Å²) >= 11 is 1.41. The molecular weight excluding hydrogens is 251 g/mol. The Kier molecular flexibility index (Phi) is 19.4. The van der Waals surface area contributed by atoms with E-state index in [1.165, 1.54) is 102 Å². The van der Waals surface area contributed by atoms with E-state index >= 15 is 0 Å². The van der Waals surface area contributed by atoms with Gasteiger partial charge in [-0.1, -0.05) is 43.3 Å². The molecule has 1 rings (SSSR count). The molecule has 0 nitrogen and oxygen atoms in total. The van der Waals surface area contributed by atoms with E-state index in [0.717, 1.165) is 0 Å². The fourth-order valence-electron chi connectivity index (χ4n) is 2.30. The summed E-state index contributed by atoms with van der Waals surface area (Å²) in [7, 11) is 0. The normalized spacial score (nSPS) is 9.95. The van der Waals surface area contributed by atoms with Gasteiger partial charge in [-0.15, -0.1) is 0 Å². The van der Waals surface area contributed by atoms with Gasteiger partial charge in [-0.25, -0.2) is 0 Å². The van der Waals surface area contributed by atoms with E-state index in [9.17, 15) is 0 Å². The van der Waals surface area contributed by atoms with Crippen LogP contribution in [0.2, 0.25) is 3.67 Å². The van der Waals surface area contributed by atoms with Crippen LogP contribution in [0.5, 0.6) is 0 Å². The third-order valence-electron chi connectivity index (χ3n) is 3.62. The second-order valence-corrected chi connectivity index (χ2v) is 6.69. The van der Waals surface area contributed by atoms with Crippen molar-refractivity contribution in [2.24, 2.45) is 0 Å². The van der Waals surface area contributed by atoms with Gasteiger partial charge in [-0.3, -0.25) is 0 Å². The molecular formula is C19H33Na. The van der Waals surface area contributed by atoms with E-state index in [1.54, 1.807) is 0 Å². The van der Waals surface area contributed by atoms with Crippen molar-refractivity contribution in [2.75, 3.05) is 0 Å². The first-order valence-corrected chi connectivity index (χ1v) is 10.3. The molecule has 0 unspecified atom stereocenters. The van der Waals surface area contributed by atoms with Crippen molar-refractivity contribution in [3.63, 3.8) is 0 Å². The van der Waals surface area contributed by atoms with Gasteiger partial charge in [0.05, 0.1) is 0 Å². The van der Waals surface area contributed by atoms with E-state index in [4.69, 9.17) is 0 Å². The molecule has 1 aromatic carbocycles. The first-order chi connectivity index (χ1) is 9.91. The average Bonchev–Trinajstić information content (AvgIpc) is 2.52. The number of hydrogen-bond donors (Lipinski definition) is 0. The fourth-order valence-corrected chi connectivity index (χ4v) is 2.80. The Bertz CT molecular complexity index is 206. The predicted molar refractivity (Wildman–Crippen MR) is 93.5 cm³/mol. The van der Waals surface area contributed by atoms with Gasteiger partial charge in [0.1, 0.15) is 0 Å². The van der Waals surface area contributed by atoms with Crippen molar-refractivity contribution in [3.8, 4) is 0 Å². The minimum absolute atomic E-state index is 1.38. The topological polar surface area (TPSA) is 0 Å². The molecule has 20 heavy (non-hydrogen) atoms. The second-order valence-electron chi connectivity index (χ2n) is 5.69. The van der Waals surface area contributed by atoms with Gasteiger partial charge in [0, 0.05) is 0 Å². The molecule has 1 aromatic rings. The molecule has 0 radical (unpaired) electrons. The Hall–Kier alpha value is 0.220. The number of rotatable bonds is 11. The fraction of sp³-hybridized carbons (Fsp3) is 0.684. The Balaban J connectivity index is 0.000000493. The smallest absolute Gasteiger partial charge is 0.0623 e. The Labute approximate surface area is 145 Å². The van der Waals surface area contributed by atoms with Crippen LogP contribution in [0, 0.1) is 0 Å². The quantitative estimate of drug-likeness (QED) is 0.318. The zero-order valence-electron chi connectivity index (χ0n) is 13.9. The van der Waals surface area contributed by atoms with Crippen molar-refractivity contribution >= 4 is 27.9 Å². The SMILES string of the molecule is CCCCCCCCCCCC[CH2][Na].c1ccccc1. The molecule has 0 aliphatic heterocycles. The molecule has 0 spiro atoms. The van der Waals surface area contributed by atoms with Gasteiger partial charge in [-0.2, -0.15) is 0 Å². The summed E-state index contributed by atoms with van der Waals surface area (Å²) < 4.78 is 1.51. The average molecular weight is 284 g/mol. The van der Waals surface area contributed by atoms with E-state index in [-0.39, 0.29) is 0 Å². The van der Waals surface area contributed by atoms with Crippen LogP contribution in [0.25, 0.3) is 0 Å². The van der Waals surface area contributed by atoms with Crippen LogP contribution in [0.4, 0.5) is 0 Å². The minimum atomic E-state index is 1.38. The van der Waals surface area contributed by atoms with Gasteiger partial charge in [-0.05, 0) is 0 Å². The van der Waals surface area contributed by atoms with Gasteiger partial charge < -0.3 is 0 Å². The standard InChI is InChI=1S/C13H27.C6H6.Na/c1-3-5-7-9-11-13-12-10-8-6-4-2;1-2-4-6-5-3-1;/h1,3-13H2,2H3;1-6H;. The Morgan fingerprint density at radius 2 is 0.800 bits per heavy atom. The molecule has 0 amide bonds. The summed E-state index contributed by atoms with van der Waals surface area (Å²) in [5.41, 5.74) is 0. The van der Waals surface area contributed by atoms with Gasteiger partial charge >= 0.3 is 102 Å². The van der Waals surface area contributed by atoms with Crippen LogP contribution in [0.15, 0.2) is 36.4 Å². The molecule has 0 heterocycles. The molecule has 0 aliphatic rings. The van der Waals surface area contributed by atoms with Crippen LogP contribution in [0.3, 0.4) is 0 Å². The van der Waals surface area contributed by atoms with E-state index in [1.807, 2.05) is 36.4 Å². The van der Waals surface area contributed by atoms with E-state index in [0.29, 0.717) is 0 Å². The van der Waals surface area contributed by atoms with Crippen LogP contribution in [-0.4, -0.2) is 27.9 Å². The van der Waals surface area contributed by atoms with Crippen molar-refractivity contribution in [1.82, 2.24) is 0 Å². The summed E-state index contributed by atoms with van der Waals surface area (Å²) in [6.07, 6.45) is 16.2. The molecule has 0 saturated carbocycles. The Morgan fingerprint density at radius 1 is 0.500 bits per heavy atom. The van der Waals surface area contributed by atoms with Crippen molar-refractivity contribution in [1.29, 1.82) is 0 Å². The maximum atomic E-state index is 2.29. The van der Waals surface area contributed by atoms with E-state index in [2.05, 4.69) is 6.92 Å². The van der Waals surface area contributed by atoms with Gasteiger partial charge in [0.2, 0.25) is 0 Å². The number of hydrogen-bond acceptors (Lipinski definition) is 0. The molecule has 0 N–H and O–H groups in total. The maximum Gasteiger partial charge on any atom is -0.0623 e. The van der Waals surface area contributed by atoms with Crippen LogP contribution >= 0.6 is 0 Å². The molecule has 110 valence electrons. The van der Waals surface area contributed by atoms with Crippen LogP contribution in [0.1, 0.15) is 77.6 Å². The zero-order valence-corrected chi connectivity index (χ0v) is 15.9. The summed E-state index contributed by atoms with van der Waals surface area (Å²) in [6.45, 7) is 2.29. The number of benzene rings is 1. The summed E-state index contributed by atoms with van der Waals surface area (Å²) in [6, 6.07) is 12.0. The van der Waals surface area contributed by atoms with E-state index < -0.39 is 0 Å². The maximum absolute atomic E-state index is 2.29. The number of unbranched alkanes of at least 4 members (excludes halogenated alkanes) is 10. The Morgan fingerprint density at radius 3 is 1.10 bits per heavy atom. The van der Waals surface area contributed by atoms with Crippen molar-refractivity contribution in [3.05, 3.63) is 36.4 Å². The first-order valence-electron chi connectivity index (χ1n) is 8.91. The van der Waals surface area contributed by atoms with Gasteiger partial charge in [0.25, 0.3) is 0 Å². The monoisotopic (exact) mass is 284 g/mol. The minimum Gasteiger partial charge on any atom is -0.0623 e. The third-order valence-corrected chi connectivity index (χ3v) is 4.33. The van der Waals surface area contributed by atoms with Crippen molar-refractivity contribution < 1.29 is 0 Å². The molecule has 0 bridgehead atoms. The predicted octanol–water partition coefficient (Wildman–Crippen LogP) is 6.57. The molecule has 0 saturated heterocycles. The molecule has 0 aliphatic carbocycles. The summed E-state index contributed by atoms with van der Waals surface area (Å²) in [4.78, 5) is 0. The summed E-state index contributed by atoms with van der Waals surface area (Å²) in [5.74, 6) is 0. The largest absolute Gasteiger partial charge is 0.0623 e. The summed E-state index contributed by atoms with van der Waals surface area (Å²) in [5, 5.41) is 0. The first kappa shape index (κ1) is 20.2. The zero-order chi connectivity index (χ0) is 14.7. The molecule has 0 fully saturated rings. The third kappa shape index (κ3) is 18.2.